The molecule has 1 atom stereocenters. The molecule has 442 valence electrons. The molecule has 0 spiro atoms. The average molecular weight is 1070 g/mol. The van der Waals surface area contributed by atoms with Gasteiger partial charge in [0, 0.05) is 19.3 Å². The van der Waals surface area contributed by atoms with Gasteiger partial charge in [0.15, 0.2) is 6.10 Å². The van der Waals surface area contributed by atoms with Crippen LogP contribution in [0.5, 0.6) is 0 Å². The van der Waals surface area contributed by atoms with Crippen LogP contribution in [-0.4, -0.2) is 37.2 Å². The highest BCUT2D eigenvalue weighted by atomic mass is 16.6. The largest absolute Gasteiger partial charge is 0.462 e. The molecule has 0 aromatic rings. The van der Waals surface area contributed by atoms with Crippen molar-refractivity contribution in [3.63, 3.8) is 0 Å². The van der Waals surface area contributed by atoms with Gasteiger partial charge in [0.1, 0.15) is 13.2 Å². The van der Waals surface area contributed by atoms with Gasteiger partial charge in [-0.15, -0.1) is 0 Å². The van der Waals surface area contributed by atoms with E-state index in [1.165, 1.54) is 167 Å². The first-order valence-corrected chi connectivity index (χ1v) is 32.7. The van der Waals surface area contributed by atoms with Crippen molar-refractivity contribution in [2.75, 3.05) is 13.2 Å². The summed E-state index contributed by atoms with van der Waals surface area (Å²) < 4.78 is 16.9. The van der Waals surface area contributed by atoms with Crippen LogP contribution >= 0.6 is 0 Å². The Morgan fingerprint density at radius 2 is 0.506 bits per heavy atom. The zero-order valence-corrected chi connectivity index (χ0v) is 50.7. The lowest BCUT2D eigenvalue weighted by Crippen LogP contribution is -2.30. The lowest BCUT2D eigenvalue weighted by molar-refractivity contribution is -0.167. The topological polar surface area (TPSA) is 78.9 Å². The Hall–Kier alpha value is -3.67. The molecule has 0 N–H and O–H groups in total. The van der Waals surface area contributed by atoms with Crippen molar-refractivity contribution in [2.24, 2.45) is 0 Å². The fourth-order valence-electron chi connectivity index (χ4n) is 9.23. The molecule has 0 bridgehead atoms. The molecule has 0 aliphatic rings. The fourth-order valence-corrected chi connectivity index (χ4v) is 9.23. The SMILES string of the molecule is CC/C=C\C/C=C\C/C=C\C/C=C\C/C=C\C/C=C\C/C=C\C/C=C\CCCCC(=O)OCC(COC(=O)CCCCCCCCCCCCCCCCCC)OC(=O)CCCCCCCCCCCCCCCCCC. The van der Waals surface area contributed by atoms with Crippen LogP contribution in [0.25, 0.3) is 0 Å². The predicted molar refractivity (Wildman–Crippen MR) is 334 cm³/mol. The maximum atomic E-state index is 12.9. The van der Waals surface area contributed by atoms with Gasteiger partial charge >= 0.3 is 17.9 Å². The first-order chi connectivity index (χ1) is 38.0. The van der Waals surface area contributed by atoms with Crippen LogP contribution in [-0.2, 0) is 28.6 Å². The minimum atomic E-state index is -0.794. The van der Waals surface area contributed by atoms with Gasteiger partial charge < -0.3 is 14.2 Å². The first kappa shape index (κ1) is 73.3. The van der Waals surface area contributed by atoms with E-state index in [9.17, 15) is 14.4 Å². The molecule has 0 saturated heterocycles. The molecule has 0 saturated carbocycles. The van der Waals surface area contributed by atoms with Crippen molar-refractivity contribution in [1.82, 2.24) is 0 Å². The predicted octanol–water partition coefficient (Wildman–Crippen LogP) is 22.4. The van der Waals surface area contributed by atoms with Crippen LogP contribution in [0.3, 0.4) is 0 Å². The summed E-state index contributed by atoms with van der Waals surface area (Å²) in [7, 11) is 0. The Morgan fingerprint density at radius 1 is 0.273 bits per heavy atom. The van der Waals surface area contributed by atoms with Gasteiger partial charge in [-0.05, 0) is 83.5 Å². The van der Waals surface area contributed by atoms with E-state index in [4.69, 9.17) is 14.2 Å². The number of rotatable bonds is 59. The second-order valence-electron chi connectivity index (χ2n) is 21.7. The number of allylic oxidation sites excluding steroid dienone is 16. The average Bonchev–Trinajstić information content (AvgIpc) is 3.43. The second kappa shape index (κ2) is 64.9. The third kappa shape index (κ3) is 63.0. The molecule has 6 nitrogen and oxygen atoms in total. The number of unbranched alkanes of at least 4 members (excludes halogenated alkanes) is 32. The number of carbonyl (C=O) groups excluding carboxylic acids is 3. The molecule has 0 aliphatic carbocycles. The Morgan fingerprint density at radius 3 is 0.792 bits per heavy atom. The van der Waals surface area contributed by atoms with Gasteiger partial charge in [0.05, 0.1) is 0 Å². The smallest absolute Gasteiger partial charge is 0.306 e. The molecule has 0 aromatic carbocycles. The van der Waals surface area contributed by atoms with Crippen molar-refractivity contribution < 1.29 is 28.6 Å². The maximum absolute atomic E-state index is 12.9. The second-order valence-corrected chi connectivity index (χ2v) is 21.7. The van der Waals surface area contributed by atoms with Gasteiger partial charge in [0.2, 0.25) is 0 Å². The van der Waals surface area contributed by atoms with Crippen LogP contribution in [0, 0.1) is 0 Å². The van der Waals surface area contributed by atoms with Crippen molar-refractivity contribution in [3.05, 3.63) is 97.2 Å². The molecule has 0 fully saturated rings. The van der Waals surface area contributed by atoms with E-state index in [-0.39, 0.29) is 31.1 Å². The van der Waals surface area contributed by atoms with E-state index in [1.807, 2.05) is 0 Å². The van der Waals surface area contributed by atoms with E-state index in [0.717, 1.165) is 109 Å². The van der Waals surface area contributed by atoms with Crippen molar-refractivity contribution in [2.45, 2.75) is 322 Å². The van der Waals surface area contributed by atoms with Crippen molar-refractivity contribution in [1.29, 1.82) is 0 Å². The van der Waals surface area contributed by atoms with Gasteiger partial charge in [-0.2, -0.15) is 0 Å². The summed E-state index contributed by atoms with van der Waals surface area (Å²) in [5.74, 6) is -0.917. The van der Waals surface area contributed by atoms with Crippen molar-refractivity contribution in [3.8, 4) is 0 Å². The molecule has 0 radical (unpaired) electrons. The minimum Gasteiger partial charge on any atom is -0.462 e. The Balaban J connectivity index is 4.41. The number of carbonyl (C=O) groups is 3. The normalized spacial score (nSPS) is 12.7. The molecule has 0 amide bonds. The molecular weight excluding hydrogens is 949 g/mol. The number of hydrogen-bond acceptors (Lipinski definition) is 6. The summed E-state index contributed by atoms with van der Waals surface area (Å²) in [6.07, 6.45) is 87.0. The standard InChI is InChI=1S/C71H122O6/c1-4-7-10-13-16-19-22-25-28-31-32-33-34-35-36-37-38-39-40-41-44-46-49-52-55-58-61-64-70(73)76-67-68(77-71(74)65-62-59-56-53-50-47-43-30-27-24-21-18-15-12-9-6-3)66-75-69(72)63-60-57-54-51-48-45-42-29-26-23-20-17-14-11-8-5-2/h7,10,16,19,25,28,32-33,35-36,38-39,41,44,49,52,68H,4-6,8-9,11-15,17-18,20-24,26-27,29-31,34,37,40,42-43,45-48,50-51,53-67H2,1-3H3/b10-7-,19-16-,28-25-,33-32-,36-35-,39-38-,44-41-,52-49-. The molecule has 6 heteroatoms. The molecule has 0 aliphatic heterocycles. The molecule has 0 aromatic heterocycles. The van der Waals surface area contributed by atoms with Gasteiger partial charge in [-0.3, -0.25) is 14.4 Å². The minimum absolute atomic E-state index is 0.0870. The number of ether oxygens (including phenoxy) is 3. The first-order valence-electron chi connectivity index (χ1n) is 32.7. The Kier molecular flexibility index (Phi) is 61.8. The van der Waals surface area contributed by atoms with Gasteiger partial charge in [-0.1, -0.05) is 311 Å². The zero-order chi connectivity index (χ0) is 55.7. The summed E-state index contributed by atoms with van der Waals surface area (Å²) in [6, 6.07) is 0. The monoisotopic (exact) mass is 1070 g/mol. The fraction of sp³-hybridized carbons (Fsp3) is 0.732. The van der Waals surface area contributed by atoms with Gasteiger partial charge in [-0.25, -0.2) is 0 Å². The van der Waals surface area contributed by atoms with Crippen LogP contribution in [0.2, 0.25) is 0 Å². The zero-order valence-electron chi connectivity index (χ0n) is 50.7. The van der Waals surface area contributed by atoms with Gasteiger partial charge in [0.25, 0.3) is 0 Å². The van der Waals surface area contributed by atoms with E-state index in [0.29, 0.717) is 19.3 Å². The van der Waals surface area contributed by atoms with E-state index < -0.39 is 6.10 Å². The lowest BCUT2D eigenvalue weighted by atomic mass is 10.0. The van der Waals surface area contributed by atoms with E-state index >= 15 is 0 Å². The number of hydrogen-bond donors (Lipinski definition) is 0. The highest BCUT2D eigenvalue weighted by Crippen LogP contribution is 2.17. The summed E-state index contributed by atoms with van der Waals surface area (Å²) in [6.45, 7) is 6.53. The molecule has 0 heterocycles. The third-order valence-electron chi connectivity index (χ3n) is 14.1. The molecular formula is C71H122O6. The quantitative estimate of drug-likeness (QED) is 0.0261. The summed E-state index contributed by atoms with van der Waals surface area (Å²) >= 11 is 0. The Bertz CT molecular complexity index is 1510. The highest BCUT2D eigenvalue weighted by molar-refractivity contribution is 5.71. The van der Waals surface area contributed by atoms with E-state index in [2.05, 4.69) is 118 Å². The number of esters is 3. The Labute approximate surface area is 477 Å². The highest BCUT2D eigenvalue weighted by Gasteiger charge is 2.19. The lowest BCUT2D eigenvalue weighted by Gasteiger charge is -2.18. The molecule has 1 unspecified atom stereocenters. The maximum Gasteiger partial charge on any atom is 0.306 e. The van der Waals surface area contributed by atoms with Crippen molar-refractivity contribution >= 4 is 17.9 Å². The van der Waals surface area contributed by atoms with Crippen LogP contribution < -0.4 is 0 Å². The molecule has 0 rings (SSSR count). The summed E-state index contributed by atoms with van der Waals surface area (Å²) in [4.78, 5) is 38.3. The van der Waals surface area contributed by atoms with E-state index in [1.54, 1.807) is 0 Å². The van der Waals surface area contributed by atoms with Crippen LogP contribution in [0.1, 0.15) is 316 Å². The van der Waals surface area contributed by atoms with Crippen LogP contribution in [0.4, 0.5) is 0 Å². The molecule has 77 heavy (non-hydrogen) atoms. The van der Waals surface area contributed by atoms with Crippen LogP contribution in [0.15, 0.2) is 97.2 Å². The third-order valence-corrected chi connectivity index (χ3v) is 14.1. The summed E-state index contributed by atoms with van der Waals surface area (Å²) in [5.41, 5.74) is 0. The summed E-state index contributed by atoms with van der Waals surface area (Å²) in [5, 5.41) is 0.